The lowest BCUT2D eigenvalue weighted by atomic mass is 10.0. The van der Waals surface area contributed by atoms with Crippen LogP contribution in [0.25, 0.3) is 0 Å². The topological polar surface area (TPSA) is 42.2 Å². The average molecular weight is 205 g/mol. The van der Waals surface area contributed by atoms with Crippen LogP contribution in [0.15, 0.2) is 12.1 Å². The van der Waals surface area contributed by atoms with E-state index >= 15 is 0 Å². The first-order valence-electron chi connectivity index (χ1n) is 4.87. The second kappa shape index (κ2) is 5.26. The van der Waals surface area contributed by atoms with Crippen molar-refractivity contribution in [3.63, 3.8) is 0 Å². The molecule has 0 unspecified atom stereocenters. The number of benzene rings is 1. The molecule has 0 saturated carbocycles. The molecule has 0 aliphatic rings. The number of hydrogen-bond acceptors (Lipinski definition) is 3. The molecule has 0 aliphatic heterocycles. The zero-order chi connectivity index (χ0) is 11.3. The largest absolute Gasteiger partial charge is 0.497 e. The maximum Gasteiger partial charge on any atom is 0.126 e. The van der Waals surface area contributed by atoms with Crippen molar-refractivity contribution in [1.29, 1.82) is 5.26 Å². The second-order valence-corrected chi connectivity index (χ2v) is 3.16. The van der Waals surface area contributed by atoms with E-state index in [2.05, 4.69) is 6.07 Å². The van der Waals surface area contributed by atoms with E-state index in [4.69, 9.17) is 14.7 Å². The zero-order valence-corrected chi connectivity index (χ0v) is 9.33. The fourth-order valence-corrected chi connectivity index (χ4v) is 1.62. The lowest BCUT2D eigenvalue weighted by Gasteiger charge is -2.12. The summed E-state index contributed by atoms with van der Waals surface area (Å²) in [4.78, 5) is 0. The van der Waals surface area contributed by atoms with Crippen molar-refractivity contribution in [2.45, 2.75) is 19.8 Å². The van der Waals surface area contributed by atoms with Gasteiger partial charge in [0.05, 0.1) is 26.7 Å². The predicted molar refractivity (Wildman–Crippen MR) is 58.2 cm³/mol. The van der Waals surface area contributed by atoms with E-state index in [-0.39, 0.29) is 0 Å². The van der Waals surface area contributed by atoms with Gasteiger partial charge < -0.3 is 9.47 Å². The third-order valence-corrected chi connectivity index (χ3v) is 2.35. The van der Waals surface area contributed by atoms with E-state index in [9.17, 15) is 0 Å². The maximum atomic E-state index is 8.74. The zero-order valence-electron chi connectivity index (χ0n) is 9.33. The summed E-state index contributed by atoms with van der Waals surface area (Å²) in [6, 6.07) is 5.89. The lowest BCUT2D eigenvalue weighted by molar-refractivity contribution is 0.390. The van der Waals surface area contributed by atoms with Crippen LogP contribution in [0.3, 0.4) is 0 Å². The first-order valence-corrected chi connectivity index (χ1v) is 4.87. The van der Waals surface area contributed by atoms with Crippen LogP contribution in [0.2, 0.25) is 0 Å². The highest BCUT2D eigenvalue weighted by molar-refractivity contribution is 5.47. The molecule has 0 bridgehead atoms. The van der Waals surface area contributed by atoms with Gasteiger partial charge in [-0.1, -0.05) is 6.92 Å². The van der Waals surface area contributed by atoms with Crippen molar-refractivity contribution in [3.8, 4) is 17.6 Å². The van der Waals surface area contributed by atoms with Gasteiger partial charge in [0.1, 0.15) is 11.5 Å². The van der Waals surface area contributed by atoms with Gasteiger partial charge in [0.2, 0.25) is 0 Å². The first kappa shape index (κ1) is 11.4. The van der Waals surface area contributed by atoms with Gasteiger partial charge in [-0.3, -0.25) is 0 Å². The van der Waals surface area contributed by atoms with Crippen LogP contribution in [-0.4, -0.2) is 14.2 Å². The molecule has 15 heavy (non-hydrogen) atoms. The first-order chi connectivity index (χ1) is 7.26. The minimum atomic E-state index is 0.386. The van der Waals surface area contributed by atoms with Crippen LogP contribution in [0, 0.1) is 11.3 Å². The fraction of sp³-hybridized carbons (Fsp3) is 0.417. The van der Waals surface area contributed by atoms with Crippen molar-refractivity contribution >= 4 is 0 Å². The van der Waals surface area contributed by atoms with Crippen LogP contribution in [0.5, 0.6) is 11.5 Å². The Morgan fingerprint density at radius 1 is 1.27 bits per heavy atom. The SMILES string of the molecule is CCc1c(CC#N)cc(OC)cc1OC. The van der Waals surface area contributed by atoms with E-state index in [0.717, 1.165) is 29.0 Å². The van der Waals surface area contributed by atoms with Crippen molar-refractivity contribution in [2.24, 2.45) is 0 Å². The molecule has 1 rings (SSSR count). The van der Waals surface area contributed by atoms with Gasteiger partial charge in [0, 0.05) is 6.07 Å². The van der Waals surface area contributed by atoms with Gasteiger partial charge in [-0.2, -0.15) is 5.26 Å². The summed E-state index contributed by atoms with van der Waals surface area (Å²) in [5.74, 6) is 1.52. The quantitative estimate of drug-likeness (QED) is 0.757. The Morgan fingerprint density at radius 3 is 2.47 bits per heavy atom. The summed E-state index contributed by atoms with van der Waals surface area (Å²) in [5, 5.41) is 8.74. The Labute approximate surface area is 90.2 Å². The van der Waals surface area contributed by atoms with Gasteiger partial charge >= 0.3 is 0 Å². The normalized spacial score (nSPS) is 9.47. The standard InChI is InChI=1S/C12H15NO2/c1-4-11-9(5-6-13)7-10(14-2)8-12(11)15-3/h7-8H,4-5H2,1-3H3. The van der Waals surface area contributed by atoms with Crippen molar-refractivity contribution in [2.75, 3.05) is 14.2 Å². The van der Waals surface area contributed by atoms with E-state index < -0.39 is 0 Å². The molecule has 3 nitrogen and oxygen atoms in total. The molecule has 0 saturated heterocycles. The summed E-state index contributed by atoms with van der Waals surface area (Å²) < 4.78 is 10.4. The summed E-state index contributed by atoms with van der Waals surface area (Å²) in [5.41, 5.74) is 2.07. The lowest BCUT2D eigenvalue weighted by Crippen LogP contribution is -1.98. The summed E-state index contributed by atoms with van der Waals surface area (Å²) in [6.45, 7) is 2.05. The molecule has 1 aromatic rings. The molecular weight excluding hydrogens is 190 g/mol. The Bertz CT molecular complexity index is 380. The molecule has 0 radical (unpaired) electrons. The highest BCUT2D eigenvalue weighted by Crippen LogP contribution is 2.29. The van der Waals surface area contributed by atoms with Crippen molar-refractivity contribution in [3.05, 3.63) is 23.3 Å². The smallest absolute Gasteiger partial charge is 0.126 e. The second-order valence-electron chi connectivity index (χ2n) is 3.16. The summed E-state index contributed by atoms with van der Waals surface area (Å²) in [7, 11) is 3.24. The Kier molecular flexibility index (Phi) is 3.99. The van der Waals surface area contributed by atoms with E-state index in [1.54, 1.807) is 14.2 Å². The molecule has 0 spiro atoms. The third-order valence-electron chi connectivity index (χ3n) is 2.35. The van der Waals surface area contributed by atoms with Gasteiger partial charge in [-0.15, -0.1) is 0 Å². The van der Waals surface area contributed by atoms with Gasteiger partial charge in [-0.05, 0) is 23.6 Å². The third kappa shape index (κ3) is 2.41. The van der Waals surface area contributed by atoms with Crippen LogP contribution in [-0.2, 0) is 12.8 Å². The summed E-state index contributed by atoms with van der Waals surface area (Å²) >= 11 is 0. The van der Waals surface area contributed by atoms with Crippen LogP contribution < -0.4 is 9.47 Å². The minimum absolute atomic E-state index is 0.386. The van der Waals surface area contributed by atoms with Gasteiger partial charge in [-0.25, -0.2) is 0 Å². The van der Waals surface area contributed by atoms with E-state index in [0.29, 0.717) is 6.42 Å². The highest BCUT2D eigenvalue weighted by Gasteiger charge is 2.10. The van der Waals surface area contributed by atoms with Gasteiger partial charge in [0.15, 0.2) is 0 Å². The molecule has 1 aromatic carbocycles. The Hall–Kier alpha value is -1.69. The van der Waals surface area contributed by atoms with Crippen LogP contribution in [0.1, 0.15) is 18.1 Å². The average Bonchev–Trinajstić information content (AvgIpc) is 2.28. The number of methoxy groups -OCH3 is 2. The molecule has 80 valence electrons. The highest BCUT2D eigenvalue weighted by atomic mass is 16.5. The summed E-state index contributed by atoms with van der Waals surface area (Å²) in [6.07, 6.45) is 1.24. The monoisotopic (exact) mass is 205 g/mol. The number of hydrogen-bond donors (Lipinski definition) is 0. The number of nitrogens with zero attached hydrogens (tertiary/aromatic N) is 1. The maximum absolute atomic E-state index is 8.74. The van der Waals surface area contributed by atoms with E-state index in [1.807, 2.05) is 19.1 Å². The van der Waals surface area contributed by atoms with Crippen LogP contribution in [0.4, 0.5) is 0 Å². The molecule has 0 amide bonds. The molecule has 3 heteroatoms. The molecule has 0 aliphatic carbocycles. The molecule has 0 aromatic heterocycles. The number of ether oxygens (including phenoxy) is 2. The predicted octanol–water partition coefficient (Wildman–Crippen LogP) is 2.33. The molecule has 0 heterocycles. The Balaban J connectivity index is 3.27. The fourth-order valence-electron chi connectivity index (χ4n) is 1.62. The number of nitriles is 1. The molecule has 0 fully saturated rings. The molecule has 0 N–H and O–H groups in total. The van der Waals surface area contributed by atoms with Gasteiger partial charge in [0.25, 0.3) is 0 Å². The Morgan fingerprint density at radius 2 is 2.00 bits per heavy atom. The minimum Gasteiger partial charge on any atom is -0.497 e. The van der Waals surface area contributed by atoms with Crippen molar-refractivity contribution < 1.29 is 9.47 Å². The molecule has 0 atom stereocenters. The van der Waals surface area contributed by atoms with Crippen LogP contribution >= 0.6 is 0 Å². The number of rotatable bonds is 4. The molecular formula is C12H15NO2. The van der Waals surface area contributed by atoms with E-state index in [1.165, 1.54) is 0 Å². The van der Waals surface area contributed by atoms with Crippen molar-refractivity contribution in [1.82, 2.24) is 0 Å².